The van der Waals surface area contributed by atoms with Gasteiger partial charge in [0.2, 0.25) is 10.0 Å². The number of phenolic OH excluding ortho intramolecular Hbond substituents is 1. The Morgan fingerprint density at radius 1 is 1.28 bits per heavy atom. The Morgan fingerprint density at radius 3 is 2.50 bits per heavy atom. The van der Waals surface area contributed by atoms with Crippen molar-refractivity contribution in [3.05, 3.63) is 23.5 Å². The monoisotopic (exact) mass is 486 g/mol. The SMILES string of the molecule is CN(C)CCS(=O)(=O)N1C[C@@H]2C(C#Cc3ccc(O)c(N4CC(=O)NS4(=O)=O)c3F)[C@@H]2C1. The largest absolute Gasteiger partial charge is 0.506 e. The van der Waals surface area contributed by atoms with Gasteiger partial charge in [0.25, 0.3) is 5.91 Å². The molecule has 1 aliphatic carbocycles. The first-order chi connectivity index (χ1) is 14.9. The van der Waals surface area contributed by atoms with Crippen molar-refractivity contribution in [3.63, 3.8) is 0 Å². The van der Waals surface area contributed by atoms with Gasteiger partial charge in [-0.25, -0.2) is 26.1 Å². The molecule has 0 bridgehead atoms. The summed E-state index contributed by atoms with van der Waals surface area (Å²) >= 11 is 0. The van der Waals surface area contributed by atoms with E-state index in [2.05, 4.69) is 11.8 Å². The van der Waals surface area contributed by atoms with Gasteiger partial charge >= 0.3 is 10.2 Å². The molecule has 1 aromatic rings. The summed E-state index contributed by atoms with van der Waals surface area (Å²) in [6.07, 6.45) is 0. The van der Waals surface area contributed by atoms with Crippen molar-refractivity contribution in [2.45, 2.75) is 0 Å². The van der Waals surface area contributed by atoms with Crippen LogP contribution in [0.3, 0.4) is 0 Å². The summed E-state index contributed by atoms with van der Waals surface area (Å²) in [6.45, 7) is 0.550. The standard InChI is InChI=1S/C19H23FN4O6S2/c1-22(2)7-8-31(27,28)23-9-14-13(15(14)10-23)5-3-12-4-6-16(25)19(18(12)20)24-11-17(26)21-32(24,29)30/h4,6,13-15,25H,7-11H2,1-2H3,(H,21,26)/t13?,14-,15+. The Kier molecular flexibility index (Phi) is 5.61. The molecule has 0 radical (unpaired) electrons. The first-order valence-electron chi connectivity index (χ1n) is 9.89. The molecule has 1 unspecified atom stereocenters. The molecule has 2 aliphatic heterocycles. The van der Waals surface area contributed by atoms with E-state index in [-0.39, 0.29) is 29.1 Å². The highest BCUT2D eigenvalue weighted by atomic mass is 32.2. The second kappa shape index (κ2) is 7.87. The number of benzene rings is 1. The van der Waals surface area contributed by atoms with Crippen LogP contribution in [0.4, 0.5) is 10.1 Å². The number of anilines is 1. The van der Waals surface area contributed by atoms with E-state index < -0.39 is 49.9 Å². The molecule has 10 nitrogen and oxygen atoms in total. The molecule has 2 saturated heterocycles. The fourth-order valence-corrected chi connectivity index (χ4v) is 6.87. The van der Waals surface area contributed by atoms with E-state index in [9.17, 15) is 31.1 Å². The first kappa shape index (κ1) is 22.8. The Labute approximate surface area is 186 Å². The van der Waals surface area contributed by atoms with Crippen molar-refractivity contribution in [2.75, 3.05) is 50.3 Å². The quantitative estimate of drug-likeness (QED) is 0.518. The first-order valence-corrected chi connectivity index (χ1v) is 12.9. The summed E-state index contributed by atoms with van der Waals surface area (Å²) in [7, 11) is -4.00. The molecular weight excluding hydrogens is 463 g/mol. The van der Waals surface area contributed by atoms with Crippen molar-refractivity contribution in [3.8, 4) is 17.6 Å². The number of carbonyl (C=O) groups excluding carboxylic acids is 1. The maximum absolute atomic E-state index is 15.0. The van der Waals surface area contributed by atoms with Crippen molar-refractivity contribution in [1.82, 2.24) is 13.9 Å². The number of carbonyl (C=O) groups is 1. The summed E-state index contributed by atoms with van der Waals surface area (Å²) < 4.78 is 67.5. The summed E-state index contributed by atoms with van der Waals surface area (Å²) in [4.78, 5) is 13.3. The van der Waals surface area contributed by atoms with E-state index in [1.165, 1.54) is 10.4 Å². The van der Waals surface area contributed by atoms with Gasteiger partial charge < -0.3 is 10.0 Å². The fraction of sp³-hybridized carbons (Fsp3) is 0.526. The zero-order chi connectivity index (χ0) is 23.4. The second-order valence-electron chi connectivity index (χ2n) is 8.39. The van der Waals surface area contributed by atoms with Gasteiger partial charge in [0.15, 0.2) is 5.82 Å². The van der Waals surface area contributed by atoms with Gasteiger partial charge in [-0.2, -0.15) is 8.42 Å². The molecule has 1 amide bonds. The molecule has 174 valence electrons. The van der Waals surface area contributed by atoms with Crippen molar-refractivity contribution in [2.24, 2.45) is 17.8 Å². The average Bonchev–Trinajstić information content (AvgIpc) is 3.00. The molecule has 0 aromatic heterocycles. The Balaban J connectivity index is 1.47. The van der Waals surface area contributed by atoms with E-state index in [1.54, 1.807) is 4.72 Å². The highest BCUT2D eigenvalue weighted by Gasteiger charge is 2.57. The minimum atomic E-state index is -4.29. The maximum Gasteiger partial charge on any atom is 0.326 e. The molecule has 4 rings (SSSR count). The average molecular weight is 487 g/mol. The van der Waals surface area contributed by atoms with Crippen LogP contribution in [0.2, 0.25) is 0 Å². The fourth-order valence-electron chi connectivity index (χ4n) is 4.05. The maximum atomic E-state index is 15.0. The number of aromatic hydroxyl groups is 1. The molecule has 2 N–H and O–H groups in total. The van der Waals surface area contributed by atoms with Crippen molar-refractivity contribution in [1.29, 1.82) is 0 Å². The Hall–Kier alpha value is -2.40. The molecule has 1 aromatic carbocycles. The van der Waals surface area contributed by atoms with E-state index in [0.717, 1.165) is 6.07 Å². The number of piperidine rings is 1. The van der Waals surface area contributed by atoms with Crippen LogP contribution in [0.15, 0.2) is 12.1 Å². The van der Waals surface area contributed by atoms with Crippen LogP contribution in [-0.4, -0.2) is 83.1 Å². The van der Waals surface area contributed by atoms with Gasteiger partial charge in [0, 0.05) is 25.6 Å². The van der Waals surface area contributed by atoms with Gasteiger partial charge in [-0.1, -0.05) is 11.8 Å². The third-order valence-electron chi connectivity index (χ3n) is 5.89. The lowest BCUT2D eigenvalue weighted by Crippen LogP contribution is -2.36. The zero-order valence-electron chi connectivity index (χ0n) is 17.4. The van der Waals surface area contributed by atoms with Crippen LogP contribution in [-0.2, 0) is 25.0 Å². The molecule has 3 aliphatic rings. The number of hydrogen-bond acceptors (Lipinski definition) is 7. The van der Waals surface area contributed by atoms with Crippen LogP contribution in [0.5, 0.6) is 5.75 Å². The summed E-state index contributed by atoms with van der Waals surface area (Å²) in [5, 5.41) is 10.0. The van der Waals surface area contributed by atoms with Crippen LogP contribution < -0.4 is 9.03 Å². The molecule has 13 heteroatoms. The smallest absolute Gasteiger partial charge is 0.326 e. The van der Waals surface area contributed by atoms with Gasteiger partial charge in [0.1, 0.15) is 18.0 Å². The number of fused-ring (bicyclic) bond motifs is 1. The molecule has 3 atom stereocenters. The lowest BCUT2D eigenvalue weighted by atomic mass is 10.1. The van der Waals surface area contributed by atoms with Gasteiger partial charge in [0.05, 0.1) is 11.3 Å². The lowest BCUT2D eigenvalue weighted by molar-refractivity contribution is -0.117. The topological polar surface area (TPSA) is 127 Å². The van der Waals surface area contributed by atoms with Gasteiger partial charge in [-0.3, -0.25) is 4.79 Å². The normalized spacial score (nSPS) is 26.6. The Morgan fingerprint density at radius 2 is 1.94 bits per heavy atom. The molecule has 3 fully saturated rings. The summed E-state index contributed by atoms with van der Waals surface area (Å²) in [6, 6.07) is 2.35. The van der Waals surface area contributed by atoms with Crippen molar-refractivity contribution >= 4 is 31.8 Å². The third kappa shape index (κ3) is 4.15. The molecule has 0 spiro atoms. The number of nitrogens with zero attached hydrogens (tertiary/aromatic N) is 3. The van der Waals surface area contributed by atoms with Gasteiger partial charge in [-0.05, 0) is 38.1 Å². The van der Waals surface area contributed by atoms with E-state index >= 15 is 0 Å². The van der Waals surface area contributed by atoms with E-state index in [1.807, 2.05) is 19.0 Å². The summed E-state index contributed by atoms with van der Waals surface area (Å²) in [5.74, 6) is 3.26. The van der Waals surface area contributed by atoms with Crippen molar-refractivity contribution < 1.29 is 31.1 Å². The number of amides is 1. The number of hydrogen-bond donors (Lipinski definition) is 2. The number of sulfonamides is 1. The minimum Gasteiger partial charge on any atom is -0.506 e. The van der Waals surface area contributed by atoms with Crippen LogP contribution >= 0.6 is 0 Å². The zero-order valence-corrected chi connectivity index (χ0v) is 19.1. The molecule has 1 saturated carbocycles. The predicted octanol–water partition coefficient (Wildman–Crippen LogP) is -0.867. The molecule has 32 heavy (non-hydrogen) atoms. The van der Waals surface area contributed by atoms with Crippen LogP contribution in [0.1, 0.15) is 5.56 Å². The van der Waals surface area contributed by atoms with E-state index in [4.69, 9.17) is 0 Å². The van der Waals surface area contributed by atoms with Gasteiger partial charge in [-0.15, -0.1) is 0 Å². The number of rotatable bonds is 5. The lowest BCUT2D eigenvalue weighted by Gasteiger charge is -2.20. The highest BCUT2D eigenvalue weighted by molar-refractivity contribution is 7.92. The second-order valence-corrected chi connectivity index (χ2v) is 12.1. The minimum absolute atomic E-state index is 0.0497. The third-order valence-corrected chi connectivity index (χ3v) is 9.05. The Bertz CT molecular complexity index is 1230. The number of nitrogens with one attached hydrogen (secondary N) is 1. The predicted molar refractivity (Wildman–Crippen MR) is 114 cm³/mol. The molecule has 2 heterocycles. The van der Waals surface area contributed by atoms with Crippen LogP contribution in [0.25, 0.3) is 0 Å². The van der Waals surface area contributed by atoms with Crippen LogP contribution in [0, 0.1) is 35.4 Å². The number of phenols is 1. The molecular formula is C19H23FN4O6S2. The highest BCUT2D eigenvalue weighted by Crippen LogP contribution is 2.52. The summed E-state index contributed by atoms with van der Waals surface area (Å²) in [5.41, 5.74) is -0.753. The van der Waals surface area contributed by atoms with E-state index in [0.29, 0.717) is 23.9 Å². The number of halogens is 1.